The maximum absolute atomic E-state index is 13.3. The second-order valence-corrected chi connectivity index (χ2v) is 11.2. The summed E-state index contributed by atoms with van der Waals surface area (Å²) in [6.45, 7) is 3.76. The molecule has 1 saturated heterocycles. The first-order chi connectivity index (χ1) is 17.5. The Hall–Kier alpha value is -3.07. The summed E-state index contributed by atoms with van der Waals surface area (Å²) in [5, 5.41) is 3.03. The van der Waals surface area contributed by atoms with Gasteiger partial charge in [-0.25, -0.2) is 13.5 Å². The molecule has 2 aliphatic heterocycles. The third kappa shape index (κ3) is 4.34. The Morgan fingerprint density at radius 3 is 2.72 bits per heavy atom. The molecular weight excluding hydrogens is 474 g/mol. The van der Waals surface area contributed by atoms with E-state index >= 15 is 0 Å². The summed E-state index contributed by atoms with van der Waals surface area (Å²) in [7, 11) is -1.15. The van der Waals surface area contributed by atoms with Crippen molar-refractivity contribution in [3.63, 3.8) is 0 Å². The van der Waals surface area contributed by atoms with E-state index in [0.29, 0.717) is 18.5 Å². The largest absolute Gasteiger partial charge is 0.467 e. The van der Waals surface area contributed by atoms with Crippen molar-refractivity contribution < 1.29 is 18.5 Å². The van der Waals surface area contributed by atoms with Crippen molar-refractivity contribution in [2.75, 3.05) is 18.7 Å². The van der Waals surface area contributed by atoms with Crippen LogP contribution in [0.2, 0.25) is 0 Å². The highest BCUT2D eigenvalue weighted by molar-refractivity contribution is 7.82. The minimum absolute atomic E-state index is 0.0513. The number of anilines is 1. The van der Waals surface area contributed by atoms with Crippen LogP contribution in [0, 0.1) is 0 Å². The number of carbonyl (C=O) groups is 1. The number of fused-ring (bicyclic) bond motifs is 1. The summed E-state index contributed by atoms with van der Waals surface area (Å²) < 4.78 is 25.9. The Morgan fingerprint density at radius 1 is 1.14 bits per heavy atom. The zero-order chi connectivity index (χ0) is 24.7. The number of benzene rings is 2. The zero-order valence-electron chi connectivity index (χ0n) is 20.2. The number of amides is 1. The van der Waals surface area contributed by atoms with Gasteiger partial charge in [-0.1, -0.05) is 30.3 Å². The number of nitrogens with zero attached hydrogens (tertiary/aromatic N) is 2. The van der Waals surface area contributed by atoms with Crippen molar-refractivity contribution >= 4 is 22.7 Å². The Bertz CT molecular complexity index is 1320. The molecule has 2 atom stereocenters. The van der Waals surface area contributed by atoms with Gasteiger partial charge in [0, 0.05) is 23.7 Å². The van der Waals surface area contributed by atoms with Gasteiger partial charge < -0.3 is 14.8 Å². The lowest BCUT2D eigenvalue weighted by Gasteiger charge is -2.21. The van der Waals surface area contributed by atoms with Gasteiger partial charge in [0.2, 0.25) is 5.91 Å². The predicted molar refractivity (Wildman–Crippen MR) is 138 cm³/mol. The summed E-state index contributed by atoms with van der Waals surface area (Å²) in [4.78, 5) is 18.8. The van der Waals surface area contributed by atoms with Crippen LogP contribution in [0.5, 0.6) is 5.75 Å². The Morgan fingerprint density at radius 2 is 1.97 bits per heavy atom. The fraction of sp³-hybridized carbons (Fsp3) is 0.357. The first-order valence-corrected chi connectivity index (χ1v) is 13.6. The van der Waals surface area contributed by atoms with Gasteiger partial charge in [0.1, 0.15) is 22.6 Å². The van der Waals surface area contributed by atoms with Crippen LogP contribution in [0.25, 0.3) is 11.3 Å². The van der Waals surface area contributed by atoms with E-state index in [1.807, 2.05) is 60.7 Å². The molecule has 8 heteroatoms. The number of hydrogen-bond donors (Lipinski definition) is 1. The van der Waals surface area contributed by atoms with Crippen molar-refractivity contribution in [1.82, 2.24) is 9.29 Å². The van der Waals surface area contributed by atoms with Crippen molar-refractivity contribution in [3.05, 3.63) is 71.8 Å². The van der Waals surface area contributed by atoms with E-state index < -0.39 is 16.4 Å². The maximum atomic E-state index is 13.3. The normalized spacial score (nSPS) is 21.3. The fourth-order valence-electron chi connectivity index (χ4n) is 5.07. The fourth-order valence-corrected chi connectivity index (χ4v) is 6.43. The molecule has 6 rings (SSSR count). The molecule has 0 radical (unpaired) electrons. The monoisotopic (exact) mass is 503 g/mol. The molecule has 2 aromatic carbocycles. The van der Waals surface area contributed by atoms with Crippen LogP contribution in [0.4, 0.5) is 5.82 Å². The lowest BCUT2D eigenvalue weighted by atomic mass is 9.93. The molecule has 186 valence electrons. The van der Waals surface area contributed by atoms with Crippen LogP contribution in [-0.2, 0) is 32.5 Å². The van der Waals surface area contributed by atoms with Gasteiger partial charge in [-0.05, 0) is 68.5 Å². The topological polar surface area (TPSA) is 80.8 Å². The molecule has 1 saturated carbocycles. The molecule has 0 bridgehead atoms. The summed E-state index contributed by atoms with van der Waals surface area (Å²) in [6.07, 6.45) is 3.76. The van der Waals surface area contributed by atoms with Crippen LogP contribution in [0.1, 0.15) is 43.7 Å². The van der Waals surface area contributed by atoms with E-state index in [9.17, 15) is 9.00 Å². The highest BCUT2D eigenvalue weighted by atomic mass is 32.2. The molecule has 3 aliphatic rings. The van der Waals surface area contributed by atoms with Crippen LogP contribution in [0.3, 0.4) is 0 Å². The quantitative estimate of drug-likeness (QED) is 0.523. The minimum Gasteiger partial charge on any atom is -0.467 e. The number of ether oxygens (including phenoxy) is 2. The summed E-state index contributed by atoms with van der Waals surface area (Å²) in [5.41, 5.74) is 3.09. The number of carbonyl (C=O) groups excluding carboxylic acids is 1. The van der Waals surface area contributed by atoms with E-state index in [1.54, 1.807) is 0 Å². The van der Waals surface area contributed by atoms with Crippen LogP contribution in [-0.4, -0.2) is 38.8 Å². The molecule has 1 N–H and O–H groups in total. The van der Waals surface area contributed by atoms with Gasteiger partial charge in [0.05, 0.1) is 22.6 Å². The first-order valence-electron chi connectivity index (χ1n) is 12.4. The second-order valence-electron chi connectivity index (χ2n) is 9.78. The second kappa shape index (κ2) is 9.42. The Kier molecular flexibility index (Phi) is 6.11. The van der Waals surface area contributed by atoms with E-state index in [1.165, 1.54) is 0 Å². The van der Waals surface area contributed by atoms with Gasteiger partial charge in [-0.3, -0.25) is 4.79 Å². The lowest BCUT2D eigenvalue weighted by molar-refractivity contribution is -0.118. The Balaban J connectivity index is 1.17. The van der Waals surface area contributed by atoms with Gasteiger partial charge in [-0.15, -0.1) is 0 Å². The molecule has 1 amide bonds. The van der Waals surface area contributed by atoms with Crippen molar-refractivity contribution in [2.24, 2.45) is 0 Å². The van der Waals surface area contributed by atoms with E-state index in [-0.39, 0.29) is 12.7 Å². The van der Waals surface area contributed by atoms with Gasteiger partial charge in [0.25, 0.3) is 0 Å². The number of hydrogen-bond acceptors (Lipinski definition) is 5. The summed E-state index contributed by atoms with van der Waals surface area (Å²) >= 11 is 0. The highest BCUT2D eigenvalue weighted by Gasteiger charge is 2.51. The van der Waals surface area contributed by atoms with Crippen LogP contribution < -0.4 is 10.1 Å². The molecule has 7 nitrogen and oxygen atoms in total. The number of pyridine rings is 1. The van der Waals surface area contributed by atoms with Gasteiger partial charge in [0.15, 0.2) is 6.79 Å². The molecule has 2 fully saturated rings. The predicted octanol–water partition coefficient (Wildman–Crippen LogP) is 4.79. The zero-order valence-corrected chi connectivity index (χ0v) is 21.1. The molecular formula is C28H29N3O4S. The molecule has 3 heterocycles. The van der Waals surface area contributed by atoms with Gasteiger partial charge in [-0.2, -0.15) is 0 Å². The molecule has 1 aromatic heterocycles. The highest BCUT2D eigenvalue weighted by Crippen LogP contribution is 2.50. The Labute approximate surface area is 213 Å². The summed E-state index contributed by atoms with van der Waals surface area (Å²) in [6, 6.07) is 19.6. The summed E-state index contributed by atoms with van der Waals surface area (Å²) in [5.74, 6) is 1.26. The third-order valence-corrected chi connectivity index (χ3v) is 9.05. The molecule has 1 unspecified atom stereocenters. The first kappa shape index (κ1) is 23.3. The van der Waals surface area contributed by atoms with E-state index in [0.717, 1.165) is 65.3 Å². The van der Waals surface area contributed by atoms with Crippen LogP contribution >= 0.6 is 0 Å². The van der Waals surface area contributed by atoms with Crippen molar-refractivity contribution in [1.29, 1.82) is 0 Å². The third-order valence-electron chi connectivity index (χ3n) is 7.41. The number of rotatable bonds is 6. The smallest absolute Gasteiger partial charge is 0.236 e. The average Bonchev–Trinajstić information content (AvgIpc) is 3.63. The van der Waals surface area contributed by atoms with Gasteiger partial charge >= 0.3 is 0 Å². The average molecular weight is 504 g/mol. The van der Waals surface area contributed by atoms with Crippen LogP contribution in [0.15, 0.2) is 65.6 Å². The molecule has 1 aliphatic carbocycles. The minimum atomic E-state index is -1.15. The van der Waals surface area contributed by atoms with Crippen molar-refractivity contribution in [2.45, 2.75) is 55.6 Å². The van der Waals surface area contributed by atoms with E-state index in [2.05, 4.69) is 16.5 Å². The lowest BCUT2D eigenvalue weighted by Crippen LogP contribution is -2.29. The van der Waals surface area contributed by atoms with Crippen molar-refractivity contribution in [3.8, 4) is 17.0 Å². The maximum Gasteiger partial charge on any atom is 0.236 e. The number of aromatic nitrogens is 1. The molecule has 0 spiro atoms. The molecule has 36 heavy (non-hydrogen) atoms. The van der Waals surface area contributed by atoms with E-state index in [4.69, 9.17) is 14.5 Å². The SMILES string of the molecule is C[C@H]1CCCN1S(=O)c1ccc(-c2cccc(NC(=O)C3(c4ccc5c(c4)OCOC5)CC3)n2)cc1. The molecule has 3 aromatic rings. The number of nitrogens with one attached hydrogen (secondary N) is 1. The standard InChI is InChI=1S/C28H29N3O4S/c1-19-4-3-15-31(19)36(33)23-11-8-20(9-12-23)24-5-2-6-26(29-24)30-27(32)28(13-14-28)22-10-7-21-17-34-18-35-25(21)16-22/h2,5-12,16,19H,3-4,13-15,17-18H2,1H3,(H,29,30,32)/t19-,36?/m0/s1.